The van der Waals surface area contributed by atoms with Gasteiger partial charge in [-0.3, -0.25) is 4.79 Å². The summed E-state index contributed by atoms with van der Waals surface area (Å²) in [4.78, 5) is 16.8. The fourth-order valence-corrected chi connectivity index (χ4v) is 4.28. The van der Waals surface area contributed by atoms with Crippen LogP contribution in [-0.4, -0.2) is 29.6 Å². The normalized spacial score (nSPS) is 11.7. The zero-order valence-electron chi connectivity index (χ0n) is 15.1. The van der Waals surface area contributed by atoms with Gasteiger partial charge in [-0.2, -0.15) is 0 Å². The summed E-state index contributed by atoms with van der Waals surface area (Å²) in [5, 5.41) is 9.14. The number of nitrogens with zero attached hydrogens (tertiary/aromatic N) is 2. The van der Waals surface area contributed by atoms with Crippen molar-refractivity contribution >= 4 is 56.0 Å². The highest BCUT2D eigenvalue weighted by atomic mass is 35.5. The summed E-state index contributed by atoms with van der Waals surface area (Å²) in [6.07, 6.45) is 0.925. The van der Waals surface area contributed by atoms with Gasteiger partial charge in [0.25, 0.3) is 0 Å². The van der Waals surface area contributed by atoms with Crippen molar-refractivity contribution in [3.05, 3.63) is 47.5 Å². The number of benzene rings is 2. The Morgan fingerprint density at radius 3 is 2.79 bits per heavy atom. The number of hydrogen-bond donors (Lipinski definition) is 2. The van der Waals surface area contributed by atoms with E-state index in [-0.39, 0.29) is 16.6 Å². The van der Waals surface area contributed by atoms with Crippen LogP contribution < -0.4 is 10.5 Å². The molecule has 148 valence electrons. The standard InChI is InChI=1S/C18H19ClN4O3S2/c1-2-8-23-16-7-6-12(19)9-15(16)22-18(23)27-11-17(24)21-13-4-3-5-14(10-13)28(20,25)26/h3-7,9-10H,2,8,11H2,1H3,(H,21,24)(H2,20,25,26). The molecule has 10 heteroatoms. The minimum absolute atomic E-state index is 0.0560. The number of thioether (sulfide) groups is 1. The second-order valence-corrected chi connectivity index (χ2v) is 9.03. The Kier molecular flexibility index (Phi) is 6.29. The van der Waals surface area contributed by atoms with Crippen molar-refractivity contribution in [2.24, 2.45) is 5.14 Å². The van der Waals surface area contributed by atoms with E-state index in [1.807, 2.05) is 12.1 Å². The number of primary sulfonamides is 1. The van der Waals surface area contributed by atoms with Gasteiger partial charge in [0.2, 0.25) is 15.9 Å². The Morgan fingerprint density at radius 1 is 1.29 bits per heavy atom. The van der Waals surface area contributed by atoms with E-state index in [1.165, 1.54) is 30.0 Å². The first-order chi connectivity index (χ1) is 13.3. The van der Waals surface area contributed by atoms with Crippen LogP contribution in [0.2, 0.25) is 5.02 Å². The molecule has 0 aliphatic heterocycles. The maximum Gasteiger partial charge on any atom is 0.238 e. The summed E-state index contributed by atoms with van der Waals surface area (Å²) in [5.74, 6) is -0.148. The zero-order valence-corrected chi connectivity index (χ0v) is 17.4. The number of nitrogens with one attached hydrogen (secondary N) is 1. The predicted molar refractivity (Wildman–Crippen MR) is 112 cm³/mol. The van der Waals surface area contributed by atoms with Gasteiger partial charge < -0.3 is 9.88 Å². The van der Waals surface area contributed by atoms with E-state index in [1.54, 1.807) is 12.1 Å². The lowest BCUT2D eigenvalue weighted by Crippen LogP contribution is -2.16. The second-order valence-electron chi connectivity index (χ2n) is 6.09. The first-order valence-electron chi connectivity index (χ1n) is 8.49. The van der Waals surface area contributed by atoms with Crippen LogP contribution >= 0.6 is 23.4 Å². The van der Waals surface area contributed by atoms with E-state index in [0.717, 1.165) is 29.2 Å². The largest absolute Gasteiger partial charge is 0.325 e. The molecular weight excluding hydrogens is 420 g/mol. The van der Waals surface area contributed by atoms with Gasteiger partial charge in [0, 0.05) is 17.3 Å². The summed E-state index contributed by atoms with van der Waals surface area (Å²) in [6.45, 7) is 2.85. The van der Waals surface area contributed by atoms with E-state index >= 15 is 0 Å². The van der Waals surface area contributed by atoms with Crippen LogP contribution in [0.15, 0.2) is 52.5 Å². The number of hydrogen-bond acceptors (Lipinski definition) is 5. The topological polar surface area (TPSA) is 107 Å². The molecule has 3 rings (SSSR count). The summed E-state index contributed by atoms with van der Waals surface area (Å²) in [5.41, 5.74) is 2.12. The molecule has 0 aliphatic rings. The molecule has 0 atom stereocenters. The van der Waals surface area contributed by atoms with Crippen LogP contribution in [0, 0.1) is 0 Å². The lowest BCUT2D eigenvalue weighted by Gasteiger charge is -2.08. The lowest BCUT2D eigenvalue weighted by atomic mass is 10.3. The van der Waals surface area contributed by atoms with Gasteiger partial charge in [-0.1, -0.05) is 36.4 Å². The smallest absolute Gasteiger partial charge is 0.238 e. The maximum absolute atomic E-state index is 12.3. The Bertz CT molecular complexity index is 1130. The average Bonchev–Trinajstić information content (AvgIpc) is 2.96. The molecule has 3 N–H and O–H groups in total. The number of aryl methyl sites for hydroxylation is 1. The number of rotatable bonds is 7. The molecule has 0 radical (unpaired) electrons. The molecule has 0 spiro atoms. The average molecular weight is 439 g/mol. The van der Waals surface area contributed by atoms with Crippen molar-refractivity contribution in [3.8, 4) is 0 Å². The summed E-state index contributed by atoms with van der Waals surface area (Å²) >= 11 is 7.36. The van der Waals surface area contributed by atoms with E-state index in [2.05, 4.69) is 21.8 Å². The molecule has 0 fully saturated rings. The molecule has 0 aliphatic carbocycles. The molecule has 1 aromatic heterocycles. The van der Waals surface area contributed by atoms with Gasteiger partial charge in [0.15, 0.2) is 5.16 Å². The first kappa shape index (κ1) is 20.7. The van der Waals surface area contributed by atoms with Crippen molar-refractivity contribution in [3.63, 3.8) is 0 Å². The summed E-state index contributed by atoms with van der Waals surface area (Å²) < 4.78 is 24.9. The van der Waals surface area contributed by atoms with Crippen molar-refractivity contribution in [1.29, 1.82) is 0 Å². The minimum Gasteiger partial charge on any atom is -0.325 e. The van der Waals surface area contributed by atoms with E-state index in [4.69, 9.17) is 16.7 Å². The number of fused-ring (bicyclic) bond motifs is 1. The molecule has 1 amide bonds. The van der Waals surface area contributed by atoms with Crippen LogP contribution in [-0.2, 0) is 21.4 Å². The number of amides is 1. The monoisotopic (exact) mass is 438 g/mol. The number of sulfonamides is 1. The third-order valence-corrected chi connectivity index (χ3v) is 6.02. The first-order valence-corrected chi connectivity index (χ1v) is 11.4. The number of carbonyl (C=O) groups is 1. The molecule has 0 bridgehead atoms. The molecule has 28 heavy (non-hydrogen) atoms. The highest BCUT2D eigenvalue weighted by molar-refractivity contribution is 7.99. The van der Waals surface area contributed by atoms with Crippen LogP contribution in [0.1, 0.15) is 13.3 Å². The third-order valence-electron chi connectivity index (χ3n) is 3.90. The number of anilines is 1. The second kappa shape index (κ2) is 8.52. The van der Waals surface area contributed by atoms with Gasteiger partial charge in [-0.05, 0) is 42.8 Å². The van der Waals surface area contributed by atoms with Gasteiger partial charge >= 0.3 is 0 Å². The summed E-state index contributed by atoms with van der Waals surface area (Å²) in [7, 11) is -3.83. The molecule has 2 aromatic carbocycles. The highest BCUT2D eigenvalue weighted by Crippen LogP contribution is 2.27. The SMILES string of the molecule is CCCn1c(SCC(=O)Nc2cccc(S(N)(=O)=O)c2)nc2cc(Cl)ccc21. The van der Waals surface area contributed by atoms with Crippen molar-refractivity contribution < 1.29 is 13.2 Å². The Morgan fingerprint density at radius 2 is 2.07 bits per heavy atom. The van der Waals surface area contributed by atoms with Crippen molar-refractivity contribution in [2.45, 2.75) is 29.9 Å². The molecular formula is C18H19ClN4O3S2. The van der Waals surface area contributed by atoms with E-state index in [0.29, 0.717) is 10.7 Å². The molecule has 0 saturated carbocycles. The van der Waals surface area contributed by atoms with Crippen molar-refractivity contribution in [2.75, 3.05) is 11.1 Å². The van der Waals surface area contributed by atoms with Gasteiger partial charge in [0.05, 0.1) is 21.7 Å². The van der Waals surface area contributed by atoms with Gasteiger partial charge in [0.1, 0.15) is 0 Å². The van der Waals surface area contributed by atoms with Crippen LogP contribution in [0.4, 0.5) is 5.69 Å². The van der Waals surface area contributed by atoms with Crippen molar-refractivity contribution in [1.82, 2.24) is 9.55 Å². The fourth-order valence-electron chi connectivity index (χ4n) is 2.71. The molecule has 0 unspecified atom stereocenters. The number of nitrogens with two attached hydrogens (primary N) is 1. The molecule has 7 nitrogen and oxygen atoms in total. The number of aromatic nitrogens is 2. The predicted octanol–water partition coefficient (Wildman–Crippen LogP) is 3.48. The number of carbonyl (C=O) groups excluding carboxylic acids is 1. The number of halogens is 1. The molecule has 0 saturated heterocycles. The van der Waals surface area contributed by atoms with Gasteiger partial charge in [-0.15, -0.1) is 0 Å². The summed E-state index contributed by atoms with van der Waals surface area (Å²) in [6, 6.07) is 11.4. The minimum atomic E-state index is -3.83. The quantitative estimate of drug-likeness (QED) is 0.549. The Hall–Kier alpha value is -2.07. The Balaban J connectivity index is 1.73. The molecule has 3 aromatic rings. The van der Waals surface area contributed by atoms with Gasteiger partial charge in [-0.25, -0.2) is 18.5 Å². The zero-order chi connectivity index (χ0) is 20.3. The maximum atomic E-state index is 12.3. The highest BCUT2D eigenvalue weighted by Gasteiger charge is 2.14. The fraction of sp³-hybridized carbons (Fsp3) is 0.222. The van der Waals surface area contributed by atoms with E-state index in [9.17, 15) is 13.2 Å². The van der Waals surface area contributed by atoms with E-state index < -0.39 is 10.0 Å². The third kappa shape index (κ3) is 4.85. The van der Waals surface area contributed by atoms with Crippen LogP contribution in [0.5, 0.6) is 0 Å². The van der Waals surface area contributed by atoms with Crippen LogP contribution in [0.25, 0.3) is 11.0 Å². The number of imidazole rings is 1. The van der Waals surface area contributed by atoms with Crippen LogP contribution in [0.3, 0.4) is 0 Å². The molecule has 1 heterocycles. The lowest BCUT2D eigenvalue weighted by molar-refractivity contribution is -0.113. The Labute approximate surface area is 172 Å².